The first-order valence-corrected chi connectivity index (χ1v) is 6.51. The van der Waals surface area contributed by atoms with Crippen molar-refractivity contribution >= 4 is 0 Å². The van der Waals surface area contributed by atoms with E-state index in [2.05, 4.69) is 36.1 Å². The van der Waals surface area contributed by atoms with E-state index in [-0.39, 0.29) is 6.10 Å². The van der Waals surface area contributed by atoms with Crippen LogP contribution >= 0.6 is 0 Å². The highest BCUT2D eigenvalue weighted by molar-refractivity contribution is 5.21. The zero-order chi connectivity index (χ0) is 13.5. The zero-order valence-electron chi connectivity index (χ0n) is 11.9. The Morgan fingerprint density at radius 3 is 2.39 bits per heavy atom. The molecule has 3 nitrogen and oxygen atoms in total. The minimum atomic E-state index is -0.428. The number of hydrogen-bond donors (Lipinski definition) is 1. The molecule has 0 unspecified atom stereocenters. The second-order valence-electron chi connectivity index (χ2n) is 5.22. The van der Waals surface area contributed by atoms with Gasteiger partial charge in [0.1, 0.15) is 0 Å². The minimum absolute atomic E-state index is 0.169. The quantitative estimate of drug-likeness (QED) is 0.806. The third-order valence-corrected chi connectivity index (χ3v) is 2.72. The third-order valence-electron chi connectivity index (χ3n) is 2.72. The molecule has 1 aromatic rings. The Kier molecular flexibility index (Phi) is 6.33. The van der Waals surface area contributed by atoms with Crippen LogP contribution in [0.4, 0.5) is 0 Å². The molecule has 1 rings (SSSR count). The fraction of sp³-hybridized carbons (Fsp3) is 0.600. The van der Waals surface area contributed by atoms with Crippen molar-refractivity contribution in [3.05, 3.63) is 35.4 Å². The van der Waals surface area contributed by atoms with Crippen LogP contribution in [-0.4, -0.2) is 42.4 Å². The molecule has 18 heavy (non-hydrogen) atoms. The smallest absolute Gasteiger partial charge is 0.0900 e. The summed E-state index contributed by atoms with van der Waals surface area (Å²) in [6.07, 6.45) is -0.259. The predicted molar refractivity (Wildman–Crippen MR) is 74.6 cm³/mol. The van der Waals surface area contributed by atoms with Gasteiger partial charge in [-0.2, -0.15) is 0 Å². The lowest BCUT2D eigenvalue weighted by Crippen LogP contribution is -2.32. The van der Waals surface area contributed by atoms with Gasteiger partial charge in [-0.1, -0.05) is 29.8 Å². The summed E-state index contributed by atoms with van der Waals surface area (Å²) in [7, 11) is 2.01. The highest BCUT2D eigenvalue weighted by atomic mass is 16.5. The zero-order valence-corrected chi connectivity index (χ0v) is 11.9. The first-order valence-electron chi connectivity index (χ1n) is 6.51. The van der Waals surface area contributed by atoms with Gasteiger partial charge in [-0.3, -0.25) is 4.90 Å². The van der Waals surface area contributed by atoms with Crippen LogP contribution in [0.5, 0.6) is 0 Å². The van der Waals surface area contributed by atoms with Gasteiger partial charge in [0.15, 0.2) is 0 Å². The van der Waals surface area contributed by atoms with Crippen molar-refractivity contribution in [3.63, 3.8) is 0 Å². The molecule has 0 aliphatic carbocycles. The van der Waals surface area contributed by atoms with Gasteiger partial charge in [0.25, 0.3) is 0 Å². The monoisotopic (exact) mass is 251 g/mol. The summed E-state index contributed by atoms with van der Waals surface area (Å²) in [6.45, 7) is 7.90. The molecule has 1 atom stereocenters. The van der Waals surface area contributed by atoms with Crippen LogP contribution in [0.1, 0.15) is 25.0 Å². The molecule has 0 bridgehead atoms. The molecule has 3 heteroatoms. The maximum absolute atomic E-state index is 9.82. The topological polar surface area (TPSA) is 32.7 Å². The van der Waals surface area contributed by atoms with E-state index in [9.17, 15) is 5.11 Å². The van der Waals surface area contributed by atoms with Gasteiger partial charge >= 0.3 is 0 Å². The Labute approximate surface area is 110 Å². The predicted octanol–water partition coefficient (Wildman–Crippen LogP) is 2.21. The second kappa shape index (κ2) is 7.52. The lowest BCUT2D eigenvalue weighted by molar-refractivity contribution is -0.00634. The van der Waals surface area contributed by atoms with Crippen LogP contribution in [0.3, 0.4) is 0 Å². The Morgan fingerprint density at radius 1 is 1.22 bits per heavy atom. The first-order chi connectivity index (χ1) is 8.47. The average molecular weight is 251 g/mol. The molecule has 102 valence electrons. The Hall–Kier alpha value is -0.900. The van der Waals surface area contributed by atoms with E-state index >= 15 is 0 Å². The molecular weight excluding hydrogens is 226 g/mol. The van der Waals surface area contributed by atoms with E-state index < -0.39 is 6.10 Å². The van der Waals surface area contributed by atoms with Crippen molar-refractivity contribution < 1.29 is 9.84 Å². The van der Waals surface area contributed by atoms with Crippen LogP contribution < -0.4 is 0 Å². The lowest BCUT2D eigenvalue weighted by Gasteiger charge is -2.21. The van der Waals surface area contributed by atoms with Gasteiger partial charge in [-0.15, -0.1) is 0 Å². The van der Waals surface area contributed by atoms with E-state index in [0.717, 1.165) is 6.54 Å². The van der Waals surface area contributed by atoms with Crippen molar-refractivity contribution in [2.45, 2.75) is 39.5 Å². The summed E-state index contributed by atoms with van der Waals surface area (Å²) in [5.74, 6) is 0. The molecule has 0 saturated heterocycles. The number of hydrogen-bond acceptors (Lipinski definition) is 3. The Bertz CT molecular complexity index is 335. The highest BCUT2D eigenvalue weighted by Crippen LogP contribution is 2.06. The van der Waals surface area contributed by atoms with Gasteiger partial charge in [0, 0.05) is 13.1 Å². The van der Waals surface area contributed by atoms with Crippen LogP contribution in [0.2, 0.25) is 0 Å². The number of rotatable bonds is 7. The van der Waals surface area contributed by atoms with Crippen molar-refractivity contribution in [1.82, 2.24) is 4.90 Å². The largest absolute Gasteiger partial charge is 0.389 e. The van der Waals surface area contributed by atoms with Crippen LogP contribution in [-0.2, 0) is 11.3 Å². The molecule has 0 amide bonds. The number of aliphatic hydroxyl groups excluding tert-OH is 1. The first kappa shape index (κ1) is 15.2. The number of likely N-dealkylation sites (N-methyl/N-ethyl adjacent to an activating group) is 1. The SMILES string of the molecule is Cc1ccc(CN(C)C[C@@H](O)COC(C)C)cc1. The molecular formula is C15H25NO2. The molecule has 0 spiro atoms. The number of aryl methyl sites for hydroxylation is 1. The van der Waals surface area contributed by atoms with Crippen molar-refractivity contribution in [1.29, 1.82) is 0 Å². The van der Waals surface area contributed by atoms with Crippen LogP contribution in [0.25, 0.3) is 0 Å². The summed E-state index contributed by atoms with van der Waals surface area (Å²) < 4.78 is 5.39. The third kappa shape index (κ3) is 6.15. The highest BCUT2D eigenvalue weighted by Gasteiger charge is 2.09. The molecule has 0 aromatic heterocycles. The number of nitrogens with zero attached hydrogens (tertiary/aromatic N) is 1. The standard InChI is InChI=1S/C15H25NO2/c1-12(2)18-11-15(17)10-16(4)9-14-7-5-13(3)6-8-14/h5-8,12,15,17H,9-11H2,1-4H3/t15-/m1/s1. The van der Waals surface area contributed by atoms with E-state index in [1.165, 1.54) is 11.1 Å². The van der Waals surface area contributed by atoms with Gasteiger partial charge in [-0.25, -0.2) is 0 Å². The van der Waals surface area contributed by atoms with Crippen molar-refractivity contribution in [2.24, 2.45) is 0 Å². The summed E-state index contributed by atoms with van der Waals surface area (Å²) in [5, 5.41) is 9.82. The fourth-order valence-corrected chi connectivity index (χ4v) is 1.79. The maximum Gasteiger partial charge on any atom is 0.0900 e. The molecule has 0 radical (unpaired) electrons. The van der Waals surface area contributed by atoms with E-state index in [1.807, 2.05) is 20.9 Å². The molecule has 0 fully saturated rings. The van der Waals surface area contributed by atoms with E-state index in [1.54, 1.807) is 0 Å². The molecule has 0 heterocycles. The van der Waals surface area contributed by atoms with E-state index in [0.29, 0.717) is 13.2 Å². The van der Waals surface area contributed by atoms with E-state index in [4.69, 9.17) is 4.74 Å². The molecule has 1 N–H and O–H groups in total. The maximum atomic E-state index is 9.82. The number of aliphatic hydroxyl groups is 1. The summed E-state index contributed by atoms with van der Waals surface area (Å²) in [5.41, 5.74) is 2.53. The minimum Gasteiger partial charge on any atom is -0.389 e. The normalized spacial score (nSPS) is 13.3. The average Bonchev–Trinajstić information content (AvgIpc) is 2.29. The number of benzene rings is 1. The summed E-state index contributed by atoms with van der Waals surface area (Å²) in [6, 6.07) is 8.48. The molecule has 0 aliphatic heterocycles. The molecule has 1 aromatic carbocycles. The fourth-order valence-electron chi connectivity index (χ4n) is 1.79. The van der Waals surface area contributed by atoms with Crippen molar-refractivity contribution in [2.75, 3.05) is 20.2 Å². The van der Waals surface area contributed by atoms with Gasteiger partial charge in [-0.05, 0) is 33.4 Å². The lowest BCUT2D eigenvalue weighted by atomic mass is 10.1. The van der Waals surface area contributed by atoms with Gasteiger partial charge < -0.3 is 9.84 Å². The Morgan fingerprint density at radius 2 is 1.83 bits per heavy atom. The second-order valence-corrected chi connectivity index (χ2v) is 5.22. The Balaban J connectivity index is 2.32. The summed E-state index contributed by atoms with van der Waals surface area (Å²) in [4.78, 5) is 2.11. The van der Waals surface area contributed by atoms with Gasteiger partial charge in [0.2, 0.25) is 0 Å². The van der Waals surface area contributed by atoms with Gasteiger partial charge in [0.05, 0.1) is 18.8 Å². The van der Waals surface area contributed by atoms with Crippen LogP contribution in [0.15, 0.2) is 24.3 Å². The van der Waals surface area contributed by atoms with Crippen LogP contribution in [0, 0.1) is 6.92 Å². The molecule has 0 saturated carbocycles. The molecule has 0 aliphatic rings. The summed E-state index contributed by atoms with van der Waals surface area (Å²) >= 11 is 0. The van der Waals surface area contributed by atoms with Crippen molar-refractivity contribution in [3.8, 4) is 0 Å². The number of ether oxygens (including phenoxy) is 1.